The minimum atomic E-state index is -1.16. The number of hydrogen-bond donors (Lipinski definition) is 2. The van der Waals surface area contributed by atoms with E-state index in [0.717, 1.165) is 19.3 Å². The summed E-state index contributed by atoms with van der Waals surface area (Å²) in [5.41, 5.74) is -1.20. The van der Waals surface area contributed by atoms with Gasteiger partial charge in [0.05, 0.1) is 25.0 Å². The van der Waals surface area contributed by atoms with E-state index >= 15 is 0 Å². The van der Waals surface area contributed by atoms with Crippen molar-refractivity contribution in [3.63, 3.8) is 0 Å². The smallest absolute Gasteiger partial charge is 0.246 e. The van der Waals surface area contributed by atoms with Crippen molar-refractivity contribution in [2.24, 2.45) is 17.8 Å². The molecule has 36 heavy (non-hydrogen) atoms. The molecule has 1 aromatic carbocycles. The summed E-state index contributed by atoms with van der Waals surface area (Å²) in [7, 11) is 1.57. The number of amides is 3. The summed E-state index contributed by atoms with van der Waals surface area (Å²) in [6.07, 6.45) is 7.41. The highest BCUT2D eigenvalue weighted by Gasteiger charge is 2.74. The number of hydrogen-bond acceptors (Lipinski definition) is 5. The van der Waals surface area contributed by atoms with Crippen molar-refractivity contribution >= 4 is 23.4 Å². The van der Waals surface area contributed by atoms with Crippen molar-refractivity contribution in [2.45, 2.75) is 82.7 Å². The van der Waals surface area contributed by atoms with E-state index in [0.29, 0.717) is 17.4 Å². The van der Waals surface area contributed by atoms with Gasteiger partial charge in [-0.1, -0.05) is 38.0 Å². The summed E-state index contributed by atoms with van der Waals surface area (Å²) in [5, 5.41) is 6.20. The molecule has 1 saturated carbocycles. The largest absolute Gasteiger partial charge is 0.497 e. The van der Waals surface area contributed by atoms with Crippen molar-refractivity contribution in [3.05, 3.63) is 36.4 Å². The van der Waals surface area contributed by atoms with Crippen LogP contribution in [0.2, 0.25) is 0 Å². The molecule has 3 aliphatic heterocycles. The molecule has 3 amide bonds. The second-order valence-corrected chi connectivity index (χ2v) is 11.7. The molecule has 4 aliphatic rings. The lowest BCUT2D eigenvalue weighted by Gasteiger charge is -2.41. The average Bonchev–Trinajstić information content (AvgIpc) is 3.47. The first-order valence-corrected chi connectivity index (χ1v) is 13.0. The molecule has 8 heteroatoms. The molecule has 3 fully saturated rings. The number of benzene rings is 1. The third-order valence-corrected chi connectivity index (χ3v) is 8.33. The molecule has 1 aromatic rings. The van der Waals surface area contributed by atoms with Crippen LogP contribution in [0, 0.1) is 17.8 Å². The van der Waals surface area contributed by atoms with Crippen molar-refractivity contribution in [2.75, 3.05) is 12.4 Å². The first-order valence-electron chi connectivity index (χ1n) is 13.0. The van der Waals surface area contributed by atoms with Gasteiger partial charge in [-0.25, -0.2) is 0 Å². The van der Waals surface area contributed by atoms with Gasteiger partial charge in [0, 0.05) is 23.3 Å². The van der Waals surface area contributed by atoms with Crippen molar-refractivity contribution < 1.29 is 23.9 Å². The average molecular weight is 496 g/mol. The Balaban J connectivity index is 1.46. The van der Waals surface area contributed by atoms with Gasteiger partial charge in [0.2, 0.25) is 17.7 Å². The molecule has 3 heterocycles. The van der Waals surface area contributed by atoms with Crippen LogP contribution >= 0.6 is 0 Å². The molecule has 1 spiro atoms. The Morgan fingerprint density at radius 2 is 1.92 bits per heavy atom. The van der Waals surface area contributed by atoms with E-state index in [-0.39, 0.29) is 23.8 Å². The lowest BCUT2D eigenvalue weighted by Crippen LogP contribution is -2.61. The summed E-state index contributed by atoms with van der Waals surface area (Å²) in [6.45, 7) is 7.94. The summed E-state index contributed by atoms with van der Waals surface area (Å²) >= 11 is 0. The number of nitrogens with one attached hydrogen (secondary N) is 2. The standard InChI is InChI=1S/C28H37N3O5/c1-16-9-6-7-12-19(16)30-25(33)23-28-14-13-20(36-28)21(22(28)26(34)31(23)27(2,3)4)24(32)29-17-10-8-11-18(15-17)35-5/h8,10-11,13-16,19-23H,6-7,9,12H2,1-5H3,(H,29,32)(H,30,33)/t16-,19-,20-,21+,22-,23-,28-/m1/s1. The van der Waals surface area contributed by atoms with Crippen LogP contribution in [0.5, 0.6) is 5.75 Å². The van der Waals surface area contributed by atoms with E-state index in [9.17, 15) is 14.4 Å². The zero-order valence-corrected chi connectivity index (χ0v) is 21.7. The lowest BCUT2D eigenvalue weighted by molar-refractivity contribution is -0.147. The number of fused-ring (bicyclic) bond motifs is 1. The van der Waals surface area contributed by atoms with Crippen molar-refractivity contribution in [3.8, 4) is 5.75 Å². The van der Waals surface area contributed by atoms with Gasteiger partial charge in [-0.15, -0.1) is 0 Å². The predicted molar refractivity (Wildman–Crippen MR) is 135 cm³/mol. The third kappa shape index (κ3) is 3.90. The fourth-order valence-electron chi connectivity index (χ4n) is 6.61. The number of likely N-dealkylation sites (tertiary alicyclic amines) is 1. The fourth-order valence-corrected chi connectivity index (χ4v) is 6.61. The zero-order chi connectivity index (χ0) is 25.8. The second-order valence-electron chi connectivity index (χ2n) is 11.7. The van der Waals surface area contributed by atoms with E-state index in [1.54, 1.807) is 36.3 Å². The van der Waals surface area contributed by atoms with Gasteiger partial charge in [0.15, 0.2) is 0 Å². The first-order chi connectivity index (χ1) is 17.1. The Labute approximate surface area is 212 Å². The molecule has 2 saturated heterocycles. The monoisotopic (exact) mass is 495 g/mol. The molecule has 1 aliphatic carbocycles. The molecular formula is C28H37N3O5. The Bertz CT molecular complexity index is 1090. The van der Waals surface area contributed by atoms with Crippen LogP contribution in [-0.4, -0.2) is 59.1 Å². The second kappa shape index (κ2) is 8.91. The van der Waals surface area contributed by atoms with Crippen LogP contribution < -0.4 is 15.4 Å². The third-order valence-electron chi connectivity index (χ3n) is 8.33. The highest BCUT2D eigenvalue weighted by Crippen LogP contribution is 2.56. The summed E-state index contributed by atoms with van der Waals surface area (Å²) in [4.78, 5) is 43.1. The normalized spacial score (nSPS) is 35.0. The van der Waals surface area contributed by atoms with Gasteiger partial charge < -0.3 is 25.0 Å². The zero-order valence-electron chi connectivity index (χ0n) is 21.7. The number of ether oxygens (including phenoxy) is 2. The molecule has 0 radical (unpaired) electrons. The van der Waals surface area contributed by atoms with Gasteiger partial charge in [0.1, 0.15) is 17.4 Å². The van der Waals surface area contributed by atoms with E-state index in [1.807, 2.05) is 32.9 Å². The number of carbonyl (C=O) groups is 3. The minimum Gasteiger partial charge on any atom is -0.497 e. The number of rotatable bonds is 5. The summed E-state index contributed by atoms with van der Waals surface area (Å²) in [5.74, 6) is -1.20. The minimum absolute atomic E-state index is 0.0772. The van der Waals surface area contributed by atoms with Crippen molar-refractivity contribution in [1.82, 2.24) is 10.2 Å². The van der Waals surface area contributed by atoms with E-state index in [1.165, 1.54) is 6.42 Å². The topological polar surface area (TPSA) is 97.0 Å². The van der Waals surface area contributed by atoms with Gasteiger partial charge in [-0.3, -0.25) is 14.4 Å². The van der Waals surface area contributed by atoms with Crippen LogP contribution in [0.4, 0.5) is 5.69 Å². The van der Waals surface area contributed by atoms with Gasteiger partial charge >= 0.3 is 0 Å². The van der Waals surface area contributed by atoms with Gasteiger partial charge in [-0.2, -0.15) is 0 Å². The molecule has 0 aromatic heterocycles. The summed E-state index contributed by atoms with van der Waals surface area (Å²) in [6, 6.07) is 6.35. The van der Waals surface area contributed by atoms with Crippen LogP contribution in [-0.2, 0) is 19.1 Å². The number of methoxy groups -OCH3 is 1. The Morgan fingerprint density at radius 3 is 2.61 bits per heavy atom. The van der Waals surface area contributed by atoms with Crippen molar-refractivity contribution in [1.29, 1.82) is 0 Å². The van der Waals surface area contributed by atoms with Crippen LogP contribution in [0.3, 0.4) is 0 Å². The molecule has 2 N–H and O–H groups in total. The first kappa shape index (κ1) is 24.8. The molecule has 7 atom stereocenters. The molecule has 0 unspecified atom stereocenters. The van der Waals surface area contributed by atoms with E-state index in [2.05, 4.69) is 17.6 Å². The molecule has 2 bridgehead atoms. The predicted octanol–water partition coefficient (Wildman–Crippen LogP) is 3.28. The van der Waals surface area contributed by atoms with E-state index in [4.69, 9.17) is 9.47 Å². The maximum atomic E-state index is 14.0. The highest BCUT2D eigenvalue weighted by atomic mass is 16.5. The molecule has 194 valence electrons. The summed E-state index contributed by atoms with van der Waals surface area (Å²) < 4.78 is 11.7. The number of anilines is 1. The Hall–Kier alpha value is -2.87. The molecular weight excluding hydrogens is 458 g/mol. The quantitative estimate of drug-likeness (QED) is 0.611. The molecule has 5 rings (SSSR count). The van der Waals surface area contributed by atoms with E-state index < -0.39 is 35.1 Å². The van der Waals surface area contributed by atoms with Gasteiger partial charge in [0.25, 0.3) is 0 Å². The number of nitrogens with zero attached hydrogens (tertiary/aromatic N) is 1. The fraction of sp³-hybridized carbons (Fsp3) is 0.607. The van der Waals surface area contributed by atoms with Crippen LogP contribution in [0.15, 0.2) is 36.4 Å². The SMILES string of the molecule is COc1cccc(NC(=O)[C@H]2[C@H]3C=C[C@@]4(O3)[C@H]2C(=O)N(C(C)(C)C)[C@@H]4C(=O)N[C@@H]2CCCC[C@H]2C)c1. The van der Waals surface area contributed by atoms with Crippen LogP contribution in [0.25, 0.3) is 0 Å². The van der Waals surface area contributed by atoms with Crippen LogP contribution in [0.1, 0.15) is 53.4 Å². The van der Waals surface area contributed by atoms with Gasteiger partial charge in [-0.05, 0) is 51.7 Å². The number of carbonyl (C=O) groups excluding carboxylic acids is 3. The molecule has 8 nitrogen and oxygen atoms in total. The maximum Gasteiger partial charge on any atom is 0.246 e. The Kier molecular flexibility index (Phi) is 6.14. The lowest BCUT2D eigenvalue weighted by atomic mass is 9.74. The highest BCUT2D eigenvalue weighted by molar-refractivity contribution is 6.03. The maximum absolute atomic E-state index is 14.0. The Morgan fingerprint density at radius 1 is 1.17 bits per heavy atom.